The van der Waals surface area contributed by atoms with Crippen LogP contribution in [-0.4, -0.2) is 55.5 Å². The molecule has 0 unspecified atom stereocenters. The Morgan fingerprint density at radius 2 is 2.12 bits per heavy atom. The summed E-state index contributed by atoms with van der Waals surface area (Å²) in [5, 5.41) is 8.50. The molecule has 0 aliphatic carbocycles. The average molecular weight is 255 g/mol. The number of methoxy groups -OCH3 is 1. The maximum atomic E-state index is 12.7. The molecule has 1 aliphatic rings. The summed E-state index contributed by atoms with van der Waals surface area (Å²) in [6, 6.07) is 0. The highest BCUT2D eigenvalue weighted by molar-refractivity contribution is 5.66. The monoisotopic (exact) mass is 255 g/mol. The quantitative estimate of drug-likeness (QED) is 0.802. The van der Waals surface area contributed by atoms with E-state index in [1.165, 1.54) is 12.0 Å². The molecule has 0 amide bonds. The minimum atomic E-state index is -4.25. The van der Waals surface area contributed by atoms with E-state index < -0.39 is 24.0 Å². The Morgan fingerprint density at radius 3 is 2.59 bits per heavy atom. The van der Waals surface area contributed by atoms with Crippen molar-refractivity contribution < 1.29 is 27.8 Å². The van der Waals surface area contributed by atoms with Gasteiger partial charge in [-0.3, -0.25) is 4.79 Å². The molecule has 4 nitrogen and oxygen atoms in total. The number of rotatable bonds is 5. The van der Waals surface area contributed by atoms with Crippen LogP contribution in [0.25, 0.3) is 0 Å². The van der Waals surface area contributed by atoms with Gasteiger partial charge in [-0.05, 0) is 0 Å². The van der Waals surface area contributed by atoms with Crippen LogP contribution in [0.15, 0.2) is 0 Å². The third-order valence-corrected chi connectivity index (χ3v) is 2.96. The van der Waals surface area contributed by atoms with Gasteiger partial charge in [0.1, 0.15) is 0 Å². The van der Waals surface area contributed by atoms with E-state index in [2.05, 4.69) is 0 Å². The standard InChI is InChI=1S/C10H16F3NO3/c1-17-6-7-4-14(3-2-9(15)16)5-8(7)10(11,12)13/h7-8H,2-6H2,1H3,(H,15,16)/t7-,8+/m0/s1. The molecular weight excluding hydrogens is 239 g/mol. The highest BCUT2D eigenvalue weighted by atomic mass is 19.4. The molecule has 0 radical (unpaired) electrons. The van der Waals surface area contributed by atoms with Crippen LogP contribution in [0.2, 0.25) is 0 Å². The number of hydrogen-bond donors (Lipinski definition) is 1. The molecule has 0 aromatic rings. The van der Waals surface area contributed by atoms with Gasteiger partial charge in [0.2, 0.25) is 0 Å². The molecule has 0 spiro atoms. The van der Waals surface area contributed by atoms with Crippen LogP contribution in [-0.2, 0) is 9.53 Å². The highest BCUT2D eigenvalue weighted by Crippen LogP contribution is 2.37. The molecule has 1 N–H and O–H groups in total. The second-order valence-corrected chi connectivity index (χ2v) is 4.27. The summed E-state index contributed by atoms with van der Waals surface area (Å²) in [7, 11) is 1.37. The fourth-order valence-electron chi connectivity index (χ4n) is 2.15. The Balaban J connectivity index is 2.56. The summed E-state index contributed by atoms with van der Waals surface area (Å²) >= 11 is 0. The lowest BCUT2D eigenvalue weighted by atomic mass is 9.96. The van der Waals surface area contributed by atoms with E-state index in [0.717, 1.165) is 0 Å². The minimum Gasteiger partial charge on any atom is -0.481 e. The fraction of sp³-hybridized carbons (Fsp3) is 0.900. The molecule has 0 saturated carbocycles. The van der Waals surface area contributed by atoms with Crippen molar-refractivity contribution in [3.63, 3.8) is 0 Å². The largest absolute Gasteiger partial charge is 0.481 e. The van der Waals surface area contributed by atoms with Gasteiger partial charge in [0, 0.05) is 32.7 Å². The van der Waals surface area contributed by atoms with Crippen LogP contribution < -0.4 is 0 Å². The van der Waals surface area contributed by atoms with E-state index in [1.54, 1.807) is 0 Å². The van der Waals surface area contributed by atoms with Gasteiger partial charge in [-0.2, -0.15) is 13.2 Å². The van der Waals surface area contributed by atoms with Crippen LogP contribution in [0.5, 0.6) is 0 Å². The van der Waals surface area contributed by atoms with Crippen LogP contribution in [0.1, 0.15) is 6.42 Å². The molecule has 1 fully saturated rings. The zero-order valence-corrected chi connectivity index (χ0v) is 9.54. The van der Waals surface area contributed by atoms with E-state index in [1.807, 2.05) is 0 Å². The molecule has 0 aromatic carbocycles. The highest BCUT2D eigenvalue weighted by Gasteiger charge is 2.49. The SMILES string of the molecule is COC[C@@H]1CN(CCC(=O)O)C[C@H]1C(F)(F)F. The predicted molar refractivity (Wildman–Crippen MR) is 53.6 cm³/mol. The third-order valence-electron chi connectivity index (χ3n) is 2.96. The average Bonchev–Trinajstić information content (AvgIpc) is 2.58. The molecule has 0 aromatic heterocycles. The first-order valence-corrected chi connectivity index (χ1v) is 5.34. The first-order chi connectivity index (χ1) is 7.84. The van der Waals surface area contributed by atoms with Crippen LogP contribution in [0.4, 0.5) is 13.2 Å². The summed E-state index contributed by atoms with van der Waals surface area (Å²) < 4.78 is 42.9. The number of carboxylic acids is 1. The Labute approximate surface area is 97.3 Å². The molecule has 7 heteroatoms. The Kier molecular flexibility index (Phi) is 4.76. The van der Waals surface area contributed by atoms with Crippen molar-refractivity contribution >= 4 is 5.97 Å². The van der Waals surface area contributed by atoms with Crippen molar-refractivity contribution in [1.82, 2.24) is 4.90 Å². The molecule has 2 atom stereocenters. The minimum absolute atomic E-state index is 0.0494. The second-order valence-electron chi connectivity index (χ2n) is 4.27. The maximum Gasteiger partial charge on any atom is 0.393 e. The van der Waals surface area contributed by atoms with E-state index >= 15 is 0 Å². The van der Waals surface area contributed by atoms with Gasteiger partial charge in [-0.15, -0.1) is 0 Å². The molecular formula is C10H16F3NO3. The first-order valence-electron chi connectivity index (χ1n) is 5.34. The number of hydrogen-bond acceptors (Lipinski definition) is 3. The van der Waals surface area contributed by atoms with E-state index in [-0.39, 0.29) is 32.7 Å². The number of carboxylic acid groups (broad SMARTS) is 1. The maximum absolute atomic E-state index is 12.7. The van der Waals surface area contributed by atoms with Gasteiger partial charge in [0.25, 0.3) is 0 Å². The third kappa shape index (κ3) is 4.16. The lowest BCUT2D eigenvalue weighted by Gasteiger charge is -2.20. The number of halogens is 3. The number of ether oxygens (including phenoxy) is 1. The number of nitrogens with zero attached hydrogens (tertiary/aromatic N) is 1. The molecule has 1 rings (SSSR count). The Morgan fingerprint density at radius 1 is 1.47 bits per heavy atom. The molecule has 1 heterocycles. The molecule has 1 saturated heterocycles. The van der Waals surface area contributed by atoms with Crippen molar-refractivity contribution in [3.05, 3.63) is 0 Å². The number of carbonyl (C=O) groups is 1. The zero-order chi connectivity index (χ0) is 13.1. The summed E-state index contributed by atoms with van der Waals surface area (Å²) in [6.45, 7) is 0.311. The van der Waals surface area contributed by atoms with Gasteiger partial charge in [-0.1, -0.05) is 0 Å². The number of aliphatic carboxylic acids is 1. The van der Waals surface area contributed by atoms with Crippen molar-refractivity contribution in [2.24, 2.45) is 11.8 Å². The summed E-state index contributed by atoms with van der Waals surface area (Å²) in [4.78, 5) is 11.9. The molecule has 17 heavy (non-hydrogen) atoms. The van der Waals surface area contributed by atoms with Gasteiger partial charge in [-0.25, -0.2) is 0 Å². The topological polar surface area (TPSA) is 49.8 Å². The molecule has 0 bridgehead atoms. The van der Waals surface area contributed by atoms with Gasteiger partial charge >= 0.3 is 12.1 Å². The second kappa shape index (κ2) is 5.68. The summed E-state index contributed by atoms with van der Waals surface area (Å²) in [5.74, 6) is -3.02. The van der Waals surface area contributed by atoms with Crippen LogP contribution in [0.3, 0.4) is 0 Å². The lowest BCUT2D eigenvalue weighted by molar-refractivity contribution is -0.183. The van der Waals surface area contributed by atoms with Crippen molar-refractivity contribution in [3.8, 4) is 0 Å². The van der Waals surface area contributed by atoms with E-state index in [4.69, 9.17) is 9.84 Å². The van der Waals surface area contributed by atoms with Gasteiger partial charge in [0.05, 0.1) is 18.9 Å². The smallest absolute Gasteiger partial charge is 0.393 e. The summed E-state index contributed by atoms with van der Waals surface area (Å²) in [5.41, 5.74) is 0. The normalized spacial score (nSPS) is 26.4. The summed E-state index contributed by atoms with van der Waals surface area (Å²) in [6.07, 6.45) is -4.38. The van der Waals surface area contributed by atoms with Crippen molar-refractivity contribution in [2.75, 3.05) is 33.4 Å². The van der Waals surface area contributed by atoms with Gasteiger partial charge < -0.3 is 14.7 Å². The first kappa shape index (κ1) is 14.2. The van der Waals surface area contributed by atoms with E-state index in [0.29, 0.717) is 0 Å². The number of likely N-dealkylation sites (tertiary alicyclic amines) is 1. The Bertz CT molecular complexity index is 270. The molecule has 100 valence electrons. The fourth-order valence-corrected chi connectivity index (χ4v) is 2.15. The predicted octanol–water partition coefficient (Wildman–Crippen LogP) is 1.22. The van der Waals surface area contributed by atoms with Crippen LogP contribution >= 0.6 is 0 Å². The Hall–Kier alpha value is -0.820. The van der Waals surface area contributed by atoms with Crippen molar-refractivity contribution in [1.29, 1.82) is 0 Å². The van der Waals surface area contributed by atoms with Crippen LogP contribution in [0, 0.1) is 11.8 Å². The number of alkyl halides is 3. The van der Waals surface area contributed by atoms with Crippen molar-refractivity contribution in [2.45, 2.75) is 12.6 Å². The van der Waals surface area contributed by atoms with E-state index in [9.17, 15) is 18.0 Å². The lowest BCUT2D eigenvalue weighted by Crippen LogP contribution is -2.32. The zero-order valence-electron chi connectivity index (χ0n) is 9.54. The van der Waals surface area contributed by atoms with Gasteiger partial charge in [0.15, 0.2) is 0 Å². The molecule has 1 aliphatic heterocycles.